The molecule has 0 saturated carbocycles. The number of halogens is 2. The Morgan fingerprint density at radius 2 is 1.82 bits per heavy atom. The zero-order chi connectivity index (χ0) is 23.8. The second-order valence-electron chi connectivity index (χ2n) is 8.19. The molecule has 1 aromatic heterocycles. The Hall–Kier alpha value is -3.14. The van der Waals surface area contributed by atoms with Gasteiger partial charge in [0.1, 0.15) is 17.9 Å². The molecule has 0 bridgehead atoms. The molecule has 0 radical (unpaired) electrons. The monoisotopic (exact) mass is 470 g/mol. The quantitative estimate of drug-likeness (QED) is 0.491. The van der Waals surface area contributed by atoms with Gasteiger partial charge in [0.15, 0.2) is 5.69 Å². The molecule has 0 spiro atoms. The van der Waals surface area contributed by atoms with E-state index >= 15 is 0 Å². The smallest absolute Gasteiger partial charge is 0.273 e. The number of ether oxygens (including phenoxy) is 1. The van der Waals surface area contributed by atoms with Crippen molar-refractivity contribution in [2.75, 3.05) is 39.4 Å². The Bertz CT molecular complexity index is 1070. The summed E-state index contributed by atoms with van der Waals surface area (Å²) in [4.78, 5) is 21.2. The Morgan fingerprint density at radius 3 is 2.59 bits per heavy atom. The van der Waals surface area contributed by atoms with E-state index in [1.165, 1.54) is 24.5 Å². The van der Waals surface area contributed by atoms with E-state index in [1.807, 2.05) is 6.07 Å². The summed E-state index contributed by atoms with van der Waals surface area (Å²) in [6, 6.07) is 12.6. The van der Waals surface area contributed by atoms with Gasteiger partial charge < -0.3 is 14.5 Å². The fourth-order valence-electron chi connectivity index (χ4n) is 3.74. The highest BCUT2D eigenvalue weighted by Gasteiger charge is 2.18. The molecule has 1 aliphatic heterocycles. The Morgan fingerprint density at radius 1 is 1.06 bits per heavy atom. The Kier molecular flexibility index (Phi) is 8.35. The predicted octanol–water partition coefficient (Wildman–Crippen LogP) is 3.22. The summed E-state index contributed by atoms with van der Waals surface area (Å²) >= 11 is 0. The van der Waals surface area contributed by atoms with Crippen molar-refractivity contribution in [1.82, 2.24) is 20.1 Å². The first kappa shape index (κ1) is 24.0. The van der Waals surface area contributed by atoms with Crippen LogP contribution in [-0.4, -0.2) is 60.1 Å². The summed E-state index contributed by atoms with van der Waals surface area (Å²) < 4.78 is 38.3. The molecule has 1 aliphatic rings. The van der Waals surface area contributed by atoms with Crippen LogP contribution in [-0.2, 0) is 24.4 Å². The molecule has 7 nitrogen and oxygen atoms in total. The number of oxazole rings is 1. The number of amides is 1. The third-order valence-electron chi connectivity index (χ3n) is 5.70. The van der Waals surface area contributed by atoms with E-state index in [1.54, 1.807) is 24.3 Å². The molecule has 0 unspecified atom stereocenters. The predicted molar refractivity (Wildman–Crippen MR) is 122 cm³/mol. The van der Waals surface area contributed by atoms with E-state index in [0.717, 1.165) is 25.2 Å². The largest absolute Gasteiger partial charge is 0.447 e. The number of carbonyl (C=O) groups is 1. The van der Waals surface area contributed by atoms with E-state index in [2.05, 4.69) is 20.1 Å². The molecule has 3 aromatic rings. The van der Waals surface area contributed by atoms with Crippen molar-refractivity contribution in [2.24, 2.45) is 0 Å². The number of nitrogens with one attached hydrogen (secondary N) is 1. The highest BCUT2D eigenvalue weighted by Crippen LogP contribution is 2.14. The van der Waals surface area contributed by atoms with Gasteiger partial charge in [-0.15, -0.1) is 0 Å². The molecule has 2 aromatic carbocycles. The molecular formula is C25H28F2N4O3. The van der Waals surface area contributed by atoms with Crippen LogP contribution < -0.4 is 5.32 Å². The summed E-state index contributed by atoms with van der Waals surface area (Å²) in [7, 11) is 0. The summed E-state index contributed by atoms with van der Waals surface area (Å²) in [5.41, 5.74) is 1.53. The molecule has 2 heterocycles. The lowest BCUT2D eigenvalue weighted by Crippen LogP contribution is -2.41. The Balaban J connectivity index is 1.37. The van der Waals surface area contributed by atoms with Crippen molar-refractivity contribution in [3.05, 3.63) is 89.1 Å². The number of aromatic nitrogens is 1. The van der Waals surface area contributed by atoms with Crippen molar-refractivity contribution >= 4 is 5.91 Å². The first-order valence-electron chi connectivity index (χ1n) is 11.3. The summed E-state index contributed by atoms with van der Waals surface area (Å²) in [5, 5.41) is 2.75. The third-order valence-corrected chi connectivity index (χ3v) is 5.70. The number of nitrogens with zero attached hydrogens (tertiary/aromatic N) is 3. The van der Waals surface area contributed by atoms with Crippen molar-refractivity contribution in [1.29, 1.82) is 0 Å². The second kappa shape index (κ2) is 11.8. The van der Waals surface area contributed by atoms with Crippen molar-refractivity contribution in [2.45, 2.75) is 19.6 Å². The highest BCUT2D eigenvalue weighted by atomic mass is 19.1. The van der Waals surface area contributed by atoms with Crippen LogP contribution >= 0.6 is 0 Å². The number of benzene rings is 2. The Labute approximate surface area is 197 Å². The van der Waals surface area contributed by atoms with Gasteiger partial charge in [-0.3, -0.25) is 14.6 Å². The van der Waals surface area contributed by atoms with Crippen LogP contribution in [0.5, 0.6) is 0 Å². The van der Waals surface area contributed by atoms with Gasteiger partial charge in [0.25, 0.3) is 5.91 Å². The number of carbonyl (C=O) groups excluding carboxylic acids is 1. The molecule has 1 amide bonds. The SMILES string of the molecule is O=C(NCc1ccc(F)cc1)c1coc(CN(CCN2CCOCC2)Cc2ccccc2F)n1. The van der Waals surface area contributed by atoms with Gasteiger partial charge >= 0.3 is 0 Å². The zero-order valence-corrected chi connectivity index (χ0v) is 18.9. The van der Waals surface area contributed by atoms with E-state index in [-0.39, 0.29) is 29.8 Å². The minimum Gasteiger partial charge on any atom is -0.447 e. The van der Waals surface area contributed by atoms with Gasteiger partial charge in [-0.05, 0) is 23.8 Å². The number of morpholine rings is 1. The van der Waals surface area contributed by atoms with Crippen LogP contribution in [0, 0.1) is 11.6 Å². The molecule has 180 valence electrons. The van der Waals surface area contributed by atoms with Crippen LogP contribution in [0.3, 0.4) is 0 Å². The normalized spacial score (nSPS) is 14.4. The standard InChI is InChI=1S/C25H28F2N4O3/c26-21-7-5-19(6-8-21)15-28-25(32)23-18-34-24(29-23)17-31(10-9-30-11-13-33-14-12-30)16-20-3-1-2-4-22(20)27/h1-8,18H,9-17H2,(H,28,32). The van der Waals surface area contributed by atoms with Crippen molar-refractivity contribution < 1.29 is 22.7 Å². The lowest BCUT2D eigenvalue weighted by atomic mass is 10.2. The molecular weight excluding hydrogens is 442 g/mol. The topological polar surface area (TPSA) is 70.8 Å². The first-order valence-corrected chi connectivity index (χ1v) is 11.3. The van der Waals surface area contributed by atoms with E-state index < -0.39 is 0 Å². The highest BCUT2D eigenvalue weighted by molar-refractivity contribution is 5.91. The molecule has 4 rings (SSSR count). The van der Waals surface area contributed by atoms with Crippen LogP contribution in [0.25, 0.3) is 0 Å². The van der Waals surface area contributed by atoms with Crippen LogP contribution in [0.15, 0.2) is 59.2 Å². The molecule has 0 atom stereocenters. The van der Waals surface area contributed by atoms with E-state index in [9.17, 15) is 13.6 Å². The fraction of sp³-hybridized carbons (Fsp3) is 0.360. The third kappa shape index (κ3) is 6.93. The molecule has 1 fully saturated rings. The molecule has 1 N–H and O–H groups in total. The number of hydrogen-bond acceptors (Lipinski definition) is 6. The van der Waals surface area contributed by atoms with Gasteiger partial charge in [0.2, 0.25) is 5.89 Å². The average Bonchev–Trinajstić information content (AvgIpc) is 3.33. The first-order chi connectivity index (χ1) is 16.6. The average molecular weight is 471 g/mol. The van der Waals surface area contributed by atoms with E-state index in [4.69, 9.17) is 9.15 Å². The van der Waals surface area contributed by atoms with Gasteiger partial charge in [-0.1, -0.05) is 30.3 Å². The lowest BCUT2D eigenvalue weighted by Gasteiger charge is -2.29. The number of hydrogen-bond donors (Lipinski definition) is 1. The molecule has 9 heteroatoms. The van der Waals surface area contributed by atoms with Crippen molar-refractivity contribution in [3.8, 4) is 0 Å². The number of rotatable bonds is 10. The summed E-state index contributed by atoms with van der Waals surface area (Å²) in [6.45, 7) is 5.63. The van der Waals surface area contributed by atoms with Crippen molar-refractivity contribution in [3.63, 3.8) is 0 Å². The maximum atomic E-state index is 14.3. The summed E-state index contributed by atoms with van der Waals surface area (Å²) in [6.07, 6.45) is 1.32. The maximum absolute atomic E-state index is 14.3. The minimum absolute atomic E-state index is 0.163. The molecule has 34 heavy (non-hydrogen) atoms. The van der Waals surface area contributed by atoms with Crippen LogP contribution in [0.4, 0.5) is 8.78 Å². The maximum Gasteiger partial charge on any atom is 0.273 e. The van der Waals surface area contributed by atoms with Gasteiger partial charge in [0.05, 0.1) is 19.8 Å². The van der Waals surface area contributed by atoms with Gasteiger partial charge in [-0.25, -0.2) is 13.8 Å². The molecule has 0 aliphatic carbocycles. The minimum atomic E-state index is -0.381. The van der Waals surface area contributed by atoms with Crippen LogP contribution in [0.1, 0.15) is 27.5 Å². The second-order valence-corrected chi connectivity index (χ2v) is 8.19. The van der Waals surface area contributed by atoms with Gasteiger partial charge in [-0.2, -0.15) is 0 Å². The summed E-state index contributed by atoms with van der Waals surface area (Å²) in [5.74, 6) is -0.588. The van der Waals surface area contributed by atoms with Crippen LogP contribution in [0.2, 0.25) is 0 Å². The van der Waals surface area contributed by atoms with Gasteiger partial charge in [0, 0.05) is 44.8 Å². The fourth-order valence-corrected chi connectivity index (χ4v) is 3.74. The molecule has 1 saturated heterocycles. The zero-order valence-electron chi connectivity index (χ0n) is 18.9. The lowest BCUT2D eigenvalue weighted by molar-refractivity contribution is 0.0319. The van der Waals surface area contributed by atoms with E-state index in [0.29, 0.717) is 44.3 Å².